The van der Waals surface area contributed by atoms with Crippen LogP contribution < -0.4 is 9.47 Å². The van der Waals surface area contributed by atoms with E-state index in [-0.39, 0.29) is 47.3 Å². The molecule has 168 valence electrons. The van der Waals surface area contributed by atoms with Gasteiger partial charge in [0.25, 0.3) is 6.43 Å². The van der Waals surface area contributed by atoms with Gasteiger partial charge in [0.2, 0.25) is 11.8 Å². The maximum Gasteiger partial charge on any atom is 0.388 e. The van der Waals surface area contributed by atoms with Crippen molar-refractivity contribution < 1.29 is 32.1 Å². The number of halogens is 4. The maximum atomic E-state index is 14.0. The van der Waals surface area contributed by atoms with Gasteiger partial charge < -0.3 is 19.6 Å². The summed E-state index contributed by atoms with van der Waals surface area (Å²) in [5.41, 5.74) is 0.273. The molecule has 32 heavy (non-hydrogen) atoms. The van der Waals surface area contributed by atoms with Crippen molar-refractivity contribution in [1.29, 1.82) is 0 Å². The Morgan fingerprint density at radius 2 is 2.06 bits per heavy atom. The van der Waals surface area contributed by atoms with Gasteiger partial charge in [0.1, 0.15) is 24.1 Å². The quantitative estimate of drug-likeness (QED) is 0.451. The van der Waals surface area contributed by atoms with Crippen LogP contribution in [0.4, 0.5) is 17.6 Å². The molecule has 0 bridgehead atoms. The lowest BCUT2D eigenvalue weighted by molar-refractivity contribution is -0.0527. The van der Waals surface area contributed by atoms with Gasteiger partial charge in [-0.1, -0.05) is 0 Å². The van der Waals surface area contributed by atoms with Gasteiger partial charge in [0, 0.05) is 30.4 Å². The fraction of sp³-hybridized carbons (Fsp3) is 0.316. The Hall–Kier alpha value is -3.61. The zero-order valence-electron chi connectivity index (χ0n) is 16.5. The number of ether oxygens (including phenoxy) is 2. The highest BCUT2D eigenvalue weighted by Crippen LogP contribution is 2.47. The molecule has 0 fully saturated rings. The molecule has 0 aromatic carbocycles. The molecule has 5 rings (SSSR count). The fourth-order valence-corrected chi connectivity index (χ4v) is 3.85. The smallest absolute Gasteiger partial charge is 0.388 e. The minimum Gasteiger partial charge on any atom is -0.475 e. The first kappa shape index (κ1) is 20.3. The van der Waals surface area contributed by atoms with E-state index in [0.717, 1.165) is 4.68 Å². The maximum absolute atomic E-state index is 14.0. The van der Waals surface area contributed by atoms with Crippen LogP contribution in [0.5, 0.6) is 11.8 Å². The number of pyridine rings is 1. The summed E-state index contributed by atoms with van der Waals surface area (Å²) in [5.74, 6) is -0.344. The number of rotatable bonds is 5. The Bertz CT molecular complexity index is 1300. The predicted octanol–water partition coefficient (Wildman–Crippen LogP) is 3.12. The third kappa shape index (κ3) is 3.25. The molecular formula is C19H16F4N6O3. The number of hydrogen-bond donors (Lipinski definition) is 2. The van der Waals surface area contributed by atoms with Crippen LogP contribution in [0, 0.1) is 0 Å². The minimum absolute atomic E-state index is 0.0265. The largest absolute Gasteiger partial charge is 0.475 e. The zero-order chi connectivity index (χ0) is 22.6. The number of alkyl halides is 4. The van der Waals surface area contributed by atoms with E-state index in [1.807, 2.05) is 0 Å². The molecule has 4 aromatic heterocycles. The number of hydrogen-bond acceptors (Lipinski definition) is 6. The molecule has 0 amide bonds. The summed E-state index contributed by atoms with van der Waals surface area (Å²) in [6.45, 7) is -3.28. The van der Waals surface area contributed by atoms with Gasteiger partial charge in [-0.2, -0.15) is 13.9 Å². The second kappa shape index (κ2) is 7.51. The highest BCUT2D eigenvalue weighted by atomic mass is 19.3. The second-order valence-electron chi connectivity index (χ2n) is 7.19. The van der Waals surface area contributed by atoms with E-state index < -0.39 is 24.8 Å². The van der Waals surface area contributed by atoms with E-state index >= 15 is 0 Å². The fourth-order valence-electron chi connectivity index (χ4n) is 3.85. The monoisotopic (exact) mass is 452 g/mol. The number of nitrogens with zero attached hydrogens (tertiary/aromatic N) is 5. The molecule has 9 nitrogen and oxygen atoms in total. The number of aromatic nitrogens is 6. The lowest BCUT2D eigenvalue weighted by Gasteiger charge is -2.20. The number of nitrogens with one attached hydrogen (secondary N) is 1. The molecular weight excluding hydrogens is 436 g/mol. The van der Waals surface area contributed by atoms with Crippen molar-refractivity contribution in [1.82, 2.24) is 29.5 Å². The summed E-state index contributed by atoms with van der Waals surface area (Å²) in [4.78, 5) is 7.22. The first-order chi connectivity index (χ1) is 15.3. The highest BCUT2D eigenvalue weighted by Gasteiger charge is 2.34. The molecule has 1 atom stereocenters. The Labute approximate surface area is 177 Å². The van der Waals surface area contributed by atoms with Crippen molar-refractivity contribution in [2.24, 2.45) is 7.05 Å². The summed E-state index contributed by atoms with van der Waals surface area (Å²) in [7, 11) is 1.52. The van der Waals surface area contributed by atoms with Crippen LogP contribution in [-0.2, 0) is 13.6 Å². The van der Waals surface area contributed by atoms with Crippen molar-refractivity contribution in [2.75, 3.05) is 6.61 Å². The third-order valence-electron chi connectivity index (χ3n) is 5.02. The molecule has 2 N–H and O–H groups in total. The molecule has 5 heterocycles. The minimum atomic E-state index is -3.14. The van der Waals surface area contributed by atoms with Crippen molar-refractivity contribution in [3.8, 4) is 34.1 Å². The van der Waals surface area contributed by atoms with Crippen molar-refractivity contribution >= 4 is 11.0 Å². The highest BCUT2D eigenvalue weighted by molar-refractivity contribution is 6.04. The number of aliphatic hydroxyl groups excluding tert-OH is 1. The average molecular weight is 452 g/mol. The van der Waals surface area contributed by atoms with Gasteiger partial charge in [0.15, 0.2) is 0 Å². The molecule has 0 saturated heterocycles. The van der Waals surface area contributed by atoms with E-state index in [1.165, 1.54) is 24.1 Å². The predicted molar refractivity (Wildman–Crippen MR) is 103 cm³/mol. The van der Waals surface area contributed by atoms with Crippen molar-refractivity contribution in [3.05, 3.63) is 30.2 Å². The normalized spacial score (nSPS) is 16.1. The number of aromatic amines is 1. The molecule has 0 unspecified atom stereocenters. The molecule has 0 spiro atoms. The number of fused-ring (bicyclic) bond motifs is 2. The summed E-state index contributed by atoms with van der Waals surface area (Å²) < 4.78 is 66.6. The van der Waals surface area contributed by atoms with Gasteiger partial charge in [0.05, 0.1) is 23.4 Å². The SMILES string of the molecule is Cn1cc(-c2c(-c3c(C(F)F)nn4c3OC[C@H](O)C4)[nH]c3ncccc23)c(OC(F)F)n1. The Morgan fingerprint density at radius 3 is 2.81 bits per heavy atom. The summed E-state index contributed by atoms with van der Waals surface area (Å²) >= 11 is 0. The topological polar surface area (TPSA) is 103 Å². The van der Waals surface area contributed by atoms with Crippen molar-refractivity contribution in [2.45, 2.75) is 25.7 Å². The van der Waals surface area contributed by atoms with E-state index in [4.69, 9.17) is 4.74 Å². The molecule has 13 heteroatoms. The molecule has 4 aromatic rings. The van der Waals surface area contributed by atoms with Crippen LogP contribution in [0.3, 0.4) is 0 Å². The zero-order valence-corrected chi connectivity index (χ0v) is 16.5. The van der Waals surface area contributed by atoms with E-state index in [9.17, 15) is 22.7 Å². The van der Waals surface area contributed by atoms with Crippen LogP contribution in [0.1, 0.15) is 12.1 Å². The van der Waals surface area contributed by atoms with Crippen LogP contribution in [0.25, 0.3) is 33.4 Å². The Morgan fingerprint density at radius 1 is 1.25 bits per heavy atom. The second-order valence-corrected chi connectivity index (χ2v) is 7.19. The van der Waals surface area contributed by atoms with Gasteiger partial charge in [-0.3, -0.25) is 4.68 Å². The van der Waals surface area contributed by atoms with Gasteiger partial charge in [-0.25, -0.2) is 18.4 Å². The van der Waals surface area contributed by atoms with Gasteiger partial charge >= 0.3 is 6.61 Å². The molecule has 0 radical (unpaired) electrons. The lowest BCUT2D eigenvalue weighted by Crippen LogP contribution is -2.30. The Balaban J connectivity index is 1.82. The number of aliphatic hydroxyl groups is 1. The van der Waals surface area contributed by atoms with Crippen molar-refractivity contribution in [3.63, 3.8) is 0 Å². The number of H-pyrrole nitrogens is 1. The average Bonchev–Trinajstić information content (AvgIpc) is 3.39. The number of aryl methyl sites for hydroxylation is 1. The van der Waals surface area contributed by atoms with E-state index in [1.54, 1.807) is 12.1 Å². The van der Waals surface area contributed by atoms with Gasteiger partial charge in [-0.15, -0.1) is 5.10 Å². The standard InChI is InChI=1S/C19H16F4N6O3/c1-28-6-10(17(27-28)32-19(22)23)11-9-3-2-4-24-16(9)25-13(11)12-14(15(20)21)26-29-5-8(30)7-31-18(12)29/h2-4,6,8,15,19,30H,5,7H2,1H3,(H,24,25)/t8-/m1/s1. The van der Waals surface area contributed by atoms with Crippen LogP contribution in [-0.4, -0.2) is 54.0 Å². The van der Waals surface area contributed by atoms with Crippen LogP contribution in [0.15, 0.2) is 24.5 Å². The third-order valence-corrected chi connectivity index (χ3v) is 5.02. The Kier molecular flexibility index (Phi) is 4.77. The molecule has 1 aliphatic rings. The summed E-state index contributed by atoms with van der Waals surface area (Å²) in [6, 6.07) is 3.29. The van der Waals surface area contributed by atoms with Crippen LogP contribution >= 0.6 is 0 Å². The van der Waals surface area contributed by atoms with E-state index in [0.29, 0.717) is 11.0 Å². The first-order valence-corrected chi connectivity index (χ1v) is 9.49. The first-order valence-electron chi connectivity index (χ1n) is 9.49. The molecule has 0 aliphatic carbocycles. The summed E-state index contributed by atoms with van der Waals surface area (Å²) in [5, 5.41) is 18.2. The van der Waals surface area contributed by atoms with Gasteiger partial charge in [-0.05, 0) is 12.1 Å². The van der Waals surface area contributed by atoms with Crippen LogP contribution in [0.2, 0.25) is 0 Å². The van der Waals surface area contributed by atoms with E-state index in [2.05, 4.69) is 24.9 Å². The molecule has 1 aliphatic heterocycles. The lowest BCUT2D eigenvalue weighted by atomic mass is 10.0. The summed E-state index contributed by atoms with van der Waals surface area (Å²) in [6.07, 6.45) is -0.935. The molecule has 0 saturated carbocycles.